The van der Waals surface area contributed by atoms with Gasteiger partial charge in [-0.1, -0.05) is 36.4 Å². The van der Waals surface area contributed by atoms with Gasteiger partial charge in [0.25, 0.3) is 5.91 Å². The summed E-state index contributed by atoms with van der Waals surface area (Å²) in [5.41, 5.74) is 8.39. The number of fused-ring (bicyclic) bond motifs is 2. The van der Waals surface area contributed by atoms with Crippen LogP contribution in [-0.2, 0) is 17.8 Å². The Balaban J connectivity index is 1.57. The summed E-state index contributed by atoms with van der Waals surface area (Å²) in [5.74, 6) is 0.319. The maximum atomic E-state index is 13.1. The van der Waals surface area contributed by atoms with E-state index < -0.39 is 0 Å². The number of aromatic nitrogens is 1. The van der Waals surface area contributed by atoms with E-state index in [0.717, 1.165) is 27.8 Å². The van der Waals surface area contributed by atoms with Crippen molar-refractivity contribution >= 4 is 22.7 Å². The summed E-state index contributed by atoms with van der Waals surface area (Å²) in [6.45, 7) is 1.35. The number of hydrogen-bond donors (Lipinski definition) is 1. The monoisotopic (exact) mass is 375 g/mol. The molecule has 6 heteroatoms. The predicted octanol–water partition coefficient (Wildman–Crippen LogP) is 2.69. The first-order chi connectivity index (χ1) is 13.6. The molecule has 0 atom stereocenters. The molecule has 2 N–H and O–H groups in total. The number of benzene rings is 2. The van der Waals surface area contributed by atoms with E-state index in [9.17, 15) is 9.59 Å². The number of amides is 2. The lowest BCUT2D eigenvalue weighted by molar-refractivity contribution is -0.117. The molecule has 1 aliphatic rings. The number of ether oxygens (including phenoxy) is 1. The van der Waals surface area contributed by atoms with Crippen molar-refractivity contribution in [2.75, 3.05) is 13.2 Å². The van der Waals surface area contributed by atoms with Crippen LogP contribution in [0.25, 0.3) is 10.9 Å². The molecule has 2 aromatic carbocycles. The topological polar surface area (TPSA) is 85.5 Å². The van der Waals surface area contributed by atoms with Gasteiger partial charge in [0.05, 0.1) is 12.1 Å². The van der Waals surface area contributed by atoms with Crippen LogP contribution in [0.5, 0.6) is 5.75 Å². The number of rotatable bonds is 4. The molecule has 0 saturated carbocycles. The normalized spacial score (nSPS) is 13.5. The lowest BCUT2D eigenvalue weighted by atomic mass is 10.0. The second-order valence-electron chi connectivity index (χ2n) is 6.87. The average Bonchev–Trinajstić information content (AvgIpc) is 2.93. The fraction of sp³-hybridized carbons (Fsp3) is 0.227. The van der Waals surface area contributed by atoms with Crippen molar-refractivity contribution in [2.24, 2.45) is 5.73 Å². The van der Waals surface area contributed by atoms with Crippen molar-refractivity contribution in [2.45, 2.75) is 19.4 Å². The molecule has 142 valence electrons. The number of carbonyl (C=O) groups is 2. The molecule has 0 radical (unpaired) electrons. The van der Waals surface area contributed by atoms with E-state index in [0.29, 0.717) is 38.2 Å². The fourth-order valence-electron chi connectivity index (χ4n) is 3.39. The minimum atomic E-state index is -0.328. The van der Waals surface area contributed by atoms with Crippen LogP contribution in [0.1, 0.15) is 28.0 Å². The van der Waals surface area contributed by atoms with Gasteiger partial charge in [-0.2, -0.15) is 0 Å². The Morgan fingerprint density at radius 1 is 1.11 bits per heavy atom. The number of para-hydroxylation sites is 1. The summed E-state index contributed by atoms with van der Waals surface area (Å²) in [6.07, 6.45) is 0.867. The van der Waals surface area contributed by atoms with Crippen LogP contribution < -0.4 is 10.5 Å². The lowest BCUT2D eigenvalue weighted by Crippen LogP contribution is -2.33. The molecule has 4 rings (SSSR count). The molecular weight excluding hydrogens is 354 g/mol. The summed E-state index contributed by atoms with van der Waals surface area (Å²) >= 11 is 0. The third-order valence-electron chi connectivity index (χ3n) is 4.87. The van der Waals surface area contributed by atoms with E-state index in [2.05, 4.69) is 4.98 Å². The highest BCUT2D eigenvalue weighted by Gasteiger charge is 2.22. The maximum Gasteiger partial charge on any atom is 0.272 e. The molecule has 2 heterocycles. The minimum Gasteiger partial charge on any atom is -0.491 e. The van der Waals surface area contributed by atoms with E-state index in [1.54, 1.807) is 11.0 Å². The highest BCUT2D eigenvalue weighted by Crippen LogP contribution is 2.26. The number of pyridine rings is 1. The molecule has 1 aliphatic heterocycles. The lowest BCUT2D eigenvalue weighted by Gasteiger charge is -2.19. The maximum absolute atomic E-state index is 13.1. The summed E-state index contributed by atoms with van der Waals surface area (Å²) in [6, 6.07) is 17.2. The van der Waals surface area contributed by atoms with Crippen LogP contribution in [0.15, 0.2) is 54.6 Å². The number of nitrogens with two attached hydrogens (primary N) is 1. The van der Waals surface area contributed by atoms with E-state index in [-0.39, 0.29) is 11.8 Å². The Kier molecular flexibility index (Phi) is 4.93. The van der Waals surface area contributed by atoms with Gasteiger partial charge in [0.15, 0.2) is 0 Å². The standard InChI is InChI=1S/C22H21N3O3/c23-21(26)10-6-15-5-9-20-17(13-15)14-25(11-12-28-20)22(27)19-8-7-16-3-1-2-4-18(16)24-19/h1-5,7-9,13H,6,10-12,14H2,(H2,23,26). The van der Waals surface area contributed by atoms with Gasteiger partial charge in [0.1, 0.15) is 18.1 Å². The van der Waals surface area contributed by atoms with Crippen LogP contribution in [0, 0.1) is 0 Å². The predicted molar refractivity (Wildman–Crippen MR) is 106 cm³/mol. The molecule has 0 bridgehead atoms. The SMILES string of the molecule is NC(=O)CCc1ccc2c(c1)CN(C(=O)c1ccc3ccccc3n1)CCO2. The quantitative estimate of drug-likeness (QED) is 0.760. The second-order valence-corrected chi connectivity index (χ2v) is 6.87. The molecule has 28 heavy (non-hydrogen) atoms. The van der Waals surface area contributed by atoms with Gasteiger partial charge in [0, 0.05) is 23.9 Å². The molecule has 0 saturated heterocycles. The van der Waals surface area contributed by atoms with Crippen molar-refractivity contribution < 1.29 is 14.3 Å². The van der Waals surface area contributed by atoms with Crippen molar-refractivity contribution in [3.05, 3.63) is 71.4 Å². The van der Waals surface area contributed by atoms with E-state index in [4.69, 9.17) is 10.5 Å². The first kappa shape index (κ1) is 18.0. The second kappa shape index (κ2) is 7.68. The van der Waals surface area contributed by atoms with E-state index >= 15 is 0 Å². The number of carbonyl (C=O) groups excluding carboxylic acids is 2. The van der Waals surface area contributed by atoms with Crippen LogP contribution in [0.3, 0.4) is 0 Å². The summed E-state index contributed by atoms with van der Waals surface area (Å²) in [4.78, 5) is 30.4. The average molecular weight is 375 g/mol. The summed E-state index contributed by atoms with van der Waals surface area (Å²) in [7, 11) is 0. The fourth-order valence-corrected chi connectivity index (χ4v) is 3.39. The number of nitrogens with zero attached hydrogens (tertiary/aromatic N) is 2. The third-order valence-corrected chi connectivity index (χ3v) is 4.87. The largest absolute Gasteiger partial charge is 0.491 e. The summed E-state index contributed by atoms with van der Waals surface area (Å²) < 4.78 is 5.81. The molecule has 2 amide bonds. The first-order valence-corrected chi connectivity index (χ1v) is 9.28. The van der Waals surface area contributed by atoms with Crippen molar-refractivity contribution in [3.8, 4) is 5.75 Å². The first-order valence-electron chi connectivity index (χ1n) is 9.28. The van der Waals surface area contributed by atoms with Crippen LogP contribution in [0.2, 0.25) is 0 Å². The number of hydrogen-bond acceptors (Lipinski definition) is 4. The molecule has 3 aromatic rings. The van der Waals surface area contributed by atoms with Gasteiger partial charge in [0.2, 0.25) is 5.91 Å². The van der Waals surface area contributed by atoms with Gasteiger partial charge in [-0.05, 0) is 30.2 Å². The Morgan fingerprint density at radius 3 is 2.82 bits per heavy atom. The third kappa shape index (κ3) is 3.81. The highest BCUT2D eigenvalue weighted by atomic mass is 16.5. The zero-order valence-electron chi connectivity index (χ0n) is 15.4. The molecule has 1 aromatic heterocycles. The highest BCUT2D eigenvalue weighted by molar-refractivity contribution is 5.95. The Hall–Kier alpha value is -3.41. The number of primary amides is 1. The van der Waals surface area contributed by atoms with Crippen LogP contribution >= 0.6 is 0 Å². The molecule has 0 spiro atoms. The zero-order chi connectivity index (χ0) is 19.5. The minimum absolute atomic E-state index is 0.121. The molecule has 6 nitrogen and oxygen atoms in total. The molecule has 0 unspecified atom stereocenters. The Morgan fingerprint density at radius 2 is 1.96 bits per heavy atom. The van der Waals surface area contributed by atoms with Crippen molar-refractivity contribution in [1.29, 1.82) is 0 Å². The van der Waals surface area contributed by atoms with Crippen molar-refractivity contribution in [1.82, 2.24) is 9.88 Å². The Bertz CT molecular complexity index is 1050. The van der Waals surface area contributed by atoms with Gasteiger partial charge >= 0.3 is 0 Å². The summed E-state index contributed by atoms with van der Waals surface area (Å²) in [5, 5.41) is 1.00. The van der Waals surface area contributed by atoms with Gasteiger partial charge < -0.3 is 15.4 Å². The van der Waals surface area contributed by atoms with E-state index in [1.807, 2.05) is 48.5 Å². The van der Waals surface area contributed by atoms with Gasteiger partial charge in [-0.3, -0.25) is 9.59 Å². The van der Waals surface area contributed by atoms with Crippen LogP contribution in [0.4, 0.5) is 0 Å². The molecule has 0 fully saturated rings. The number of aryl methyl sites for hydroxylation is 1. The van der Waals surface area contributed by atoms with E-state index in [1.165, 1.54) is 0 Å². The van der Waals surface area contributed by atoms with Crippen LogP contribution in [-0.4, -0.2) is 34.8 Å². The Labute approximate surface area is 162 Å². The zero-order valence-corrected chi connectivity index (χ0v) is 15.4. The smallest absolute Gasteiger partial charge is 0.272 e. The van der Waals surface area contributed by atoms with Crippen molar-refractivity contribution in [3.63, 3.8) is 0 Å². The molecule has 0 aliphatic carbocycles. The van der Waals surface area contributed by atoms with Gasteiger partial charge in [-0.15, -0.1) is 0 Å². The molecular formula is C22H21N3O3. The van der Waals surface area contributed by atoms with Gasteiger partial charge in [-0.25, -0.2) is 4.98 Å².